The normalized spacial score (nSPS) is 18.7. The van der Waals surface area contributed by atoms with Gasteiger partial charge in [-0.2, -0.15) is 0 Å². The molecule has 6 nitrogen and oxygen atoms in total. The molecule has 0 saturated heterocycles. The lowest BCUT2D eigenvalue weighted by Crippen LogP contribution is -2.44. The highest BCUT2D eigenvalue weighted by Gasteiger charge is 2.38. The zero-order valence-electron chi connectivity index (χ0n) is 22.8. The second kappa shape index (κ2) is 17.1. The van der Waals surface area contributed by atoms with Crippen molar-refractivity contribution in [1.82, 2.24) is 5.32 Å². The van der Waals surface area contributed by atoms with Gasteiger partial charge in [0.15, 0.2) is 0 Å². The maximum absolute atomic E-state index is 12.5. The molecule has 0 saturated carbocycles. The molecular weight excluding hydrogens is 452 g/mol. The van der Waals surface area contributed by atoms with E-state index in [1.807, 2.05) is 25.1 Å². The average Bonchev–Trinajstić information content (AvgIpc) is 2.86. The van der Waals surface area contributed by atoms with Crippen LogP contribution in [0.3, 0.4) is 0 Å². The number of ether oxygens (including phenoxy) is 2. The number of hydrogen-bond donors (Lipinski definition) is 1. The smallest absolute Gasteiger partial charge is 0.341 e. The molecule has 3 unspecified atom stereocenters. The molecule has 0 bridgehead atoms. The van der Waals surface area contributed by atoms with Crippen LogP contribution in [0.15, 0.2) is 41.4 Å². The summed E-state index contributed by atoms with van der Waals surface area (Å²) in [5.74, 6) is -1.04. The fourth-order valence-electron chi connectivity index (χ4n) is 4.90. The summed E-state index contributed by atoms with van der Waals surface area (Å²) in [5.41, 5.74) is 2.46. The van der Waals surface area contributed by atoms with Gasteiger partial charge in [-0.25, -0.2) is 9.79 Å². The van der Waals surface area contributed by atoms with Crippen molar-refractivity contribution in [2.75, 3.05) is 13.7 Å². The van der Waals surface area contributed by atoms with Gasteiger partial charge in [-0.3, -0.25) is 4.79 Å². The molecule has 36 heavy (non-hydrogen) atoms. The lowest BCUT2D eigenvalue weighted by atomic mass is 9.84. The lowest BCUT2D eigenvalue weighted by molar-refractivity contribution is -0.143. The summed E-state index contributed by atoms with van der Waals surface area (Å²) in [6.45, 7) is 6.63. The molecule has 200 valence electrons. The van der Waals surface area contributed by atoms with Crippen LogP contribution < -0.4 is 5.32 Å². The van der Waals surface area contributed by atoms with Crippen LogP contribution in [0.4, 0.5) is 4.79 Å². The van der Waals surface area contributed by atoms with Gasteiger partial charge in [-0.05, 0) is 63.5 Å². The van der Waals surface area contributed by atoms with E-state index in [-0.39, 0.29) is 6.10 Å². The summed E-state index contributed by atoms with van der Waals surface area (Å²) in [4.78, 5) is 28.7. The van der Waals surface area contributed by atoms with E-state index in [9.17, 15) is 9.59 Å². The lowest BCUT2D eigenvalue weighted by Gasteiger charge is -2.31. The molecule has 0 aliphatic carbocycles. The Balaban J connectivity index is 1.95. The topological polar surface area (TPSA) is 77.0 Å². The highest BCUT2D eigenvalue weighted by Crippen LogP contribution is 2.31. The predicted octanol–water partition coefficient (Wildman–Crippen LogP) is 7.13. The molecular formula is C30H46N2O4. The standard InChI is InChI=1S/C30H46N2O4/c1-5-7-8-9-10-11-12-13-14-15-16-20-25(36-6-2)22-24-19-17-18-21-26(24)28-27(29(33)35-4)23(3)31-30(34)32-28/h13-14,17-19,21,25,27-28H,5-12,15-16,20,22H2,1-4H3,(H,32,34). The first kappa shape index (κ1) is 29.8. The quantitative estimate of drug-likeness (QED) is 0.141. The molecule has 1 heterocycles. The van der Waals surface area contributed by atoms with Gasteiger partial charge in [0.25, 0.3) is 0 Å². The van der Waals surface area contributed by atoms with E-state index in [0.717, 1.165) is 36.8 Å². The molecule has 0 spiro atoms. The van der Waals surface area contributed by atoms with Crippen molar-refractivity contribution in [1.29, 1.82) is 0 Å². The Hall–Kier alpha value is -2.47. The summed E-state index contributed by atoms with van der Waals surface area (Å²) in [6.07, 6.45) is 17.7. The summed E-state index contributed by atoms with van der Waals surface area (Å²) in [6, 6.07) is 7.02. The van der Waals surface area contributed by atoms with Crippen LogP contribution in [-0.4, -0.2) is 37.5 Å². The van der Waals surface area contributed by atoms with E-state index in [2.05, 4.69) is 35.5 Å². The third-order valence-corrected chi connectivity index (χ3v) is 6.82. The number of nitrogens with one attached hydrogen (secondary N) is 1. The fourth-order valence-corrected chi connectivity index (χ4v) is 4.90. The molecule has 6 heteroatoms. The Morgan fingerprint density at radius 3 is 2.47 bits per heavy atom. The number of carbonyl (C=O) groups is 2. The van der Waals surface area contributed by atoms with Gasteiger partial charge in [0, 0.05) is 12.3 Å². The predicted molar refractivity (Wildman–Crippen MR) is 146 cm³/mol. The zero-order valence-corrected chi connectivity index (χ0v) is 22.8. The molecule has 2 rings (SSSR count). The van der Waals surface area contributed by atoms with Gasteiger partial charge in [-0.1, -0.05) is 75.4 Å². The number of allylic oxidation sites excluding steroid dienone is 2. The van der Waals surface area contributed by atoms with Crippen LogP contribution in [0.5, 0.6) is 0 Å². The van der Waals surface area contributed by atoms with Gasteiger partial charge in [0.1, 0.15) is 5.92 Å². The Kier molecular flexibility index (Phi) is 14.1. The first-order chi connectivity index (χ1) is 17.5. The van der Waals surface area contributed by atoms with E-state index in [1.54, 1.807) is 6.92 Å². The number of benzene rings is 1. The molecule has 0 radical (unpaired) electrons. The van der Waals surface area contributed by atoms with Crippen LogP contribution >= 0.6 is 0 Å². The number of amides is 2. The third-order valence-electron chi connectivity index (χ3n) is 6.82. The first-order valence-corrected chi connectivity index (χ1v) is 13.8. The summed E-state index contributed by atoms with van der Waals surface area (Å²) < 4.78 is 11.1. The van der Waals surface area contributed by atoms with Crippen molar-refractivity contribution in [2.24, 2.45) is 10.9 Å². The third kappa shape index (κ3) is 9.88. The van der Waals surface area contributed by atoms with Crippen LogP contribution in [0.1, 0.15) is 102 Å². The Morgan fingerprint density at radius 1 is 1.06 bits per heavy atom. The minimum atomic E-state index is -0.642. The van der Waals surface area contributed by atoms with Crippen LogP contribution in [0.2, 0.25) is 0 Å². The SMILES string of the molecule is CCCCCCCCC=CCCCC(Cc1ccccc1C1NC(=O)N=C(C)C1C(=O)OC)OCC. The molecule has 0 fully saturated rings. The summed E-state index contributed by atoms with van der Waals surface area (Å²) in [7, 11) is 1.36. The number of esters is 1. The number of urea groups is 1. The number of aliphatic imine (C=N–C) groups is 1. The molecule has 1 aromatic carbocycles. The molecule has 2 amide bonds. The van der Waals surface area contributed by atoms with Crippen molar-refractivity contribution in [3.05, 3.63) is 47.5 Å². The van der Waals surface area contributed by atoms with Crippen molar-refractivity contribution in [3.8, 4) is 0 Å². The monoisotopic (exact) mass is 498 g/mol. The fraction of sp³-hybridized carbons (Fsp3) is 0.633. The van der Waals surface area contributed by atoms with Crippen LogP contribution in [0.25, 0.3) is 0 Å². The molecule has 1 aliphatic heterocycles. The maximum Gasteiger partial charge on any atom is 0.341 e. The van der Waals surface area contributed by atoms with E-state index in [0.29, 0.717) is 12.3 Å². The zero-order chi connectivity index (χ0) is 26.2. The molecule has 0 aromatic heterocycles. The van der Waals surface area contributed by atoms with Crippen LogP contribution in [-0.2, 0) is 20.7 Å². The van der Waals surface area contributed by atoms with Gasteiger partial charge in [0.2, 0.25) is 0 Å². The number of unbranched alkanes of at least 4 members (excludes halogenated alkanes) is 7. The number of rotatable bonds is 17. The summed E-state index contributed by atoms with van der Waals surface area (Å²) in [5, 5.41) is 2.89. The van der Waals surface area contributed by atoms with Crippen molar-refractivity contribution in [3.63, 3.8) is 0 Å². The Labute approximate surface area is 217 Å². The average molecular weight is 499 g/mol. The molecule has 3 atom stereocenters. The largest absolute Gasteiger partial charge is 0.468 e. The molecule has 1 aromatic rings. The first-order valence-electron chi connectivity index (χ1n) is 13.8. The second-order valence-electron chi connectivity index (χ2n) is 9.62. The van der Waals surface area contributed by atoms with Crippen LogP contribution in [0, 0.1) is 5.92 Å². The highest BCUT2D eigenvalue weighted by atomic mass is 16.5. The van der Waals surface area contributed by atoms with Gasteiger partial charge in [-0.15, -0.1) is 0 Å². The van der Waals surface area contributed by atoms with Gasteiger partial charge in [0.05, 0.1) is 19.3 Å². The van der Waals surface area contributed by atoms with E-state index < -0.39 is 24.0 Å². The number of nitrogens with zero attached hydrogens (tertiary/aromatic N) is 1. The summed E-state index contributed by atoms with van der Waals surface area (Å²) >= 11 is 0. The molecule has 1 N–H and O–H groups in total. The van der Waals surface area contributed by atoms with Gasteiger partial charge >= 0.3 is 12.0 Å². The maximum atomic E-state index is 12.5. The van der Waals surface area contributed by atoms with E-state index in [4.69, 9.17) is 9.47 Å². The minimum absolute atomic E-state index is 0.0775. The Bertz CT molecular complexity index is 864. The minimum Gasteiger partial charge on any atom is -0.468 e. The van der Waals surface area contributed by atoms with E-state index in [1.165, 1.54) is 52.1 Å². The van der Waals surface area contributed by atoms with Crippen molar-refractivity contribution in [2.45, 2.75) is 104 Å². The second-order valence-corrected chi connectivity index (χ2v) is 9.62. The Morgan fingerprint density at radius 2 is 1.75 bits per heavy atom. The highest BCUT2D eigenvalue weighted by molar-refractivity contribution is 6.08. The van der Waals surface area contributed by atoms with Gasteiger partial charge < -0.3 is 14.8 Å². The van der Waals surface area contributed by atoms with E-state index >= 15 is 0 Å². The molecule has 1 aliphatic rings. The number of methoxy groups -OCH3 is 1. The number of hydrogen-bond acceptors (Lipinski definition) is 4. The van der Waals surface area contributed by atoms with Crippen molar-refractivity contribution < 1.29 is 19.1 Å². The number of carbonyl (C=O) groups excluding carboxylic acids is 2. The van der Waals surface area contributed by atoms with Crippen molar-refractivity contribution >= 4 is 17.7 Å².